The zero-order chi connectivity index (χ0) is 30.7. The predicted octanol–water partition coefficient (Wildman–Crippen LogP) is 5.15. The van der Waals surface area contributed by atoms with Gasteiger partial charge in [0.2, 0.25) is 0 Å². The first-order chi connectivity index (χ1) is 20.8. The highest BCUT2D eigenvalue weighted by Crippen LogP contribution is 2.37. The Morgan fingerprint density at radius 3 is 2.40 bits per heavy atom. The lowest BCUT2D eigenvalue weighted by molar-refractivity contribution is 0.0370. The van der Waals surface area contributed by atoms with Gasteiger partial charge < -0.3 is 30.5 Å². The van der Waals surface area contributed by atoms with Crippen molar-refractivity contribution in [3.05, 3.63) is 65.6 Å². The number of ether oxygens (including phenoxy) is 1. The number of hydrogen-bond acceptors (Lipinski definition) is 7. The average Bonchev–Trinajstić information content (AvgIpc) is 3.03. The number of rotatable bonds is 11. The number of likely N-dealkylation sites (tertiary alicyclic amines) is 1. The first kappa shape index (κ1) is 33.0. The molecule has 0 bridgehead atoms. The summed E-state index contributed by atoms with van der Waals surface area (Å²) in [5.41, 5.74) is 1.63. The Hall–Kier alpha value is -2.92. The number of aliphatic hydroxyl groups is 2. The molecule has 2 aromatic carbocycles. The van der Waals surface area contributed by atoms with Gasteiger partial charge in [-0.1, -0.05) is 0 Å². The molecule has 0 aliphatic carbocycles. The summed E-state index contributed by atoms with van der Waals surface area (Å²) in [5, 5.41) is 25.9. The first-order valence-electron chi connectivity index (χ1n) is 15.3. The minimum absolute atomic E-state index is 0.106. The number of pyridine rings is 1. The van der Waals surface area contributed by atoms with E-state index < -0.39 is 11.6 Å². The van der Waals surface area contributed by atoms with Gasteiger partial charge in [0.05, 0.1) is 18.8 Å². The number of hydrogen-bond donors (Lipinski definition) is 4. The molecule has 7 nitrogen and oxygen atoms in total. The van der Waals surface area contributed by atoms with Crippen LogP contribution < -0.4 is 15.4 Å². The molecule has 2 saturated heterocycles. The van der Waals surface area contributed by atoms with E-state index in [9.17, 15) is 18.3 Å². The second kappa shape index (κ2) is 16.2. The molecule has 0 radical (unpaired) electrons. The van der Waals surface area contributed by atoms with Gasteiger partial charge in [-0.25, -0.2) is 13.2 Å². The fourth-order valence-electron chi connectivity index (χ4n) is 6.04. The van der Waals surface area contributed by atoms with E-state index in [1.54, 1.807) is 7.11 Å². The molecule has 0 saturated carbocycles. The average molecular weight is 603 g/mol. The maximum absolute atomic E-state index is 14.6. The number of fused-ring (bicyclic) bond motifs is 1. The van der Waals surface area contributed by atoms with Crippen LogP contribution in [0.25, 0.3) is 10.9 Å². The first-order valence-corrected chi connectivity index (χ1v) is 15.3. The minimum Gasteiger partial charge on any atom is -0.497 e. The van der Waals surface area contributed by atoms with E-state index >= 15 is 0 Å². The number of nitrogens with zero attached hydrogens (tertiary/aromatic N) is 2. The quantitative estimate of drug-likeness (QED) is 0.242. The Labute approximate surface area is 252 Å². The zero-order valence-corrected chi connectivity index (χ0v) is 25.1. The Balaban J connectivity index is 0.000000458. The minimum atomic E-state index is -0.600. The lowest BCUT2D eigenvalue weighted by Crippen LogP contribution is -2.43. The van der Waals surface area contributed by atoms with Crippen LogP contribution >= 0.6 is 0 Å². The van der Waals surface area contributed by atoms with Gasteiger partial charge in [-0.15, -0.1) is 0 Å². The summed E-state index contributed by atoms with van der Waals surface area (Å²) in [5.74, 6) is -0.267. The van der Waals surface area contributed by atoms with Crippen molar-refractivity contribution in [2.24, 2.45) is 11.3 Å². The Bertz CT molecular complexity index is 1280. The van der Waals surface area contributed by atoms with Crippen LogP contribution in [-0.2, 0) is 6.42 Å². The Morgan fingerprint density at radius 1 is 1.05 bits per heavy atom. The maximum atomic E-state index is 14.6. The Kier molecular flexibility index (Phi) is 12.5. The zero-order valence-electron chi connectivity index (χ0n) is 25.1. The summed E-state index contributed by atoms with van der Waals surface area (Å²) >= 11 is 0. The van der Waals surface area contributed by atoms with E-state index in [4.69, 9.17) is 9.84 Å². The summed E-state index contributed by atoms with van der Waals surface area (Å²) in [4.78, 5) is 6.48. The number of aliphatic hydroxyl groups excluding tert-OH is 2. The van der Waals surface area contributed by atoms with Crippen molar-refractivity contribution in [2.45, 2.75) is 44.9 Å². The van der Waals surface area contributed by atoms with Crippen molar-refractivity contribution < 1.29 is 28.1 Å². The summed E-state index contributed by atoms with van der Waals surface area (Å²) in [6.07, 6.45) is 7.42. The summed E-state index contributed by atoms with van der Waals surface area (Å²) in [6.45, 7) is 5.66. The van der Waals surface area contributed by atoms with Crippen LogP contribution in [0.2, 0.25) is 0 Å². The predicted molar refractivity (Wildman–Crippen MR) is 164 cm³/mol. The van der Waals surface area contributed by atoms with Crippen LogP contribution in [0.4, 0.5) is 18.9 Å². The summed E-state index contributed by atoms with van der Waals surface area (Å²) in [6, 6.07) is 8.89. The van der Waals surface area contributed by atoms with Crippen molar-refractivity contribution in [3.63, 3.8) is 0 Å². The van der Waals surface area contributed by atoms with E-state index in [0.29, 0.717) is 42.5 Å². The molecule has 4 N–H and O–H groups in total. The van der Waals surface area contributed by atoms with Crippen molar-refractivity contribution in [3.8, 4) is 5.75 Å². The molecule has 236 valence electrons. The molecule has 3 heterocycles. The highest BCUT2D eigenvalue weighted by atomic mass is 19.1. The number of anilines is 1. The monoisotopic (exact) mass is 602 g/mol. The van der Waals surface area contributed by atoms with Gasteiger partial charge in [0.25, 0.3) is 0 Å². The number of benzene rings is 2. The van der Waals surface area contributed by atoms with Crippen LogP contribution in [0, 0.1) is 28.8 Å². The van der Waals surface area contributed by atoms with Crippen LogP contribution in [0.3, 0.4) is 0 Å². The molecule has 0 atom stereocenters. The molecule has 5 rings (SSSR count). The highest BCUT2D eigenvalue weighted by Gasteiger charge is 2.33. The van der Waals surface area contributed by atoms with Gasteiger partial charge in [0, 0.05) is 43.4 Å². The molecule has 0 unspecified atom stereocenters. The molecule has 1 aromatic heterocycles. The molecule has 43 heavy (non-hydrogen) atoms. The molecule has 10 heteroatoms. The smallest absolute Gasteiger partial charge is 0.145 e. The van der Waals surface area contributed by atoms with Gasteiger partial charge in [-0.2, -0.15) is 0 Å². The molecule has 3 aromatic rings. The van der Waals surface area contributed by atoms with Crippen molar-refractivity contribution >= 4 is 16.6 Å². The standard InChI is InChI=1S/C27H32F3N3O2.C6H13NO/c1-35-22-4-5-26-24(16-22)23(25(30)17-32-26)3-2-6-27(18-34)7-10-33(11-8-27)12-9-31-21-14-19(28)13-20(29)15-21;8-5-6-1-3-7-4-2-6/h4-5,13-17,31,34H,2-3,6-12,18H2,1H3;6-8H,1-5H2. The Morgan fingerprint density at radius 2 is 1.77 bits per heavy atom. The van der Waals surface area contributed by atoms with Crippen LogP contribution in [-0.4, -0.2) is 79.7 Å². The van der Waals surface area contributed by atoms with E-state index in [0.717, 1.165) is 88.2 Å². The fourth-order valence-corrected chi connectivity index (χ4v) is 6.04. The van der Waals surface area contributed by atoms with Crippen LogP contribution in [0.1, 0.15) is 44.1 Å². The molecular formula is C33H45F3N4O3. The molecule has 0 amide bonds. The number of aromatic nitrogens is 1. The topological polar surface area (TPSA) is 89.9 Å². The third-order valence-corrected chi connectivity index (χ3v) is 8.86. The molecular weight excluding hydrogens is 557 g/mol. The van der Waals surface area contributed by atoms with Crippen molar-refractivity contribution in [2.75, 3.05) is 64.9 Å². The summed E-state index contributed by atoms with van der Waals surface area (Å²) in [7, 11) is 1.59. The fraction of sp³-hybridized carbons (Fsp3) is 0.545. The number of aryl methyl sites for hydroxylation is 1. The number of nitrogens with one attached hydrogen (secondary N) is 2. The second-order valence-electron chi connectivity index (χ2n) is 11.8. The van der Waals surface area contributed by atoms with Crippen LogP contribution in [0.15, 0.2) is 42.6 Å². The highest BCUT2D eigenvalue weighted by molar-refractivity contribution is 5.83. The second-order valence-corrected chi connectivity index (χ2v) is 11.8. The van der Waals surface area contributed by atoms with Gasteiger partial charge >= 0.3 is 0 Å². The lowest BCUT2D eigenvalue weighted by Gasteiger charge is -2.41. The largest absolute Gasteiger partial charge is 0.497 e. The maximum Gasteiger partial charge on any atom is 0.145 e. The van der Waals surface area contributed by atoms with Crippen molar-refractivity contribution in [1.29, 1.82) is 0 Å². The van der Waals surface area contributed by atoms with Gasteiger partial charge in [0.15, 0.2) is 0 Å². The van der Waals surface area contributed by atoms with Gasteiger partial charge in [-0.3, -0.25) is 4.98 Å². The third kappa shape index (κ3) is 9.53. The molecule has 2 aliphatic rings. The molecule has 2 fully saturated rings. The number of piperidine rings is 2. The molecule has 2 aliphatic heterocycles. The SMILES string of the molecule is COc1ccc2ncc(F)c(CCCC3(CO)CCN(CCNc4cc(F)cc(F)c4)CC3)c2c1.OCC1CCNCC1. The number of methoxy groups -OCH3 is 1. The number of halogens is 3. The molecule has 0 spiro atoms. The van der Waals surface area contributed by atoms with E-state index in [-0.39, 0.29) is 17.8 Å². The van der Waals surface area contributed by atoms with E-state index in [1.165, 1.54) is 18.3 Å². The normalized spacial score (nSPS) is 17.3. The van der Waals surface area contributed by atoms with E-state index in [2.05, 4.69) is 20.5 Å². The third-order valence-electron chi connectivity index (χ3n) is 8.86. The van der Waals surface area contributed by atoms with Crippen molar-refractivity contribution in [1.82, 2.24) is 15.2 Å². The van der Waals surface area contributed by atoms with Crippen LogP contribution in [0.5, 0.6) is 5.75 Å². The van der Waals surface area contributed by atoms with Gasteiger partial charge in [-0.05, 0) is 118 Å². The van der Waals surface area contributed by atoms with E-state index in [1.807, 2.05) is 18.2 Å². The lowest BCUT2D eigenvalue weighted by atomic mass is 9.75. The van der Waals surface area contributed by atoms with Gasteiger partial charge in [0.1, 0.15) is 23.2 Å². The summed E-state index contributed by atoms with van der Waals surface area (Å²) < 4.78 is 46.6.